The minimum atomic E-state index is -4.30. The summed E-state index contributed by atoms with van der Waals surface area (Å²) >= 11 is 1.55. The van der Waals surface area contributed by atoms with Crippen LogP contribution in [0.15, 0.2) is 29.6 Å². The van der Waals surface area contributed by atoms with Crippen molar-refractivity contribution in [2.45, 2.75) is 32.5 Å². The summed E-state index contributed by atoms with van der Waals surface area (Å²) in [5.74, 6) is 0. The van der Waals surface area contributed by atoms with Gasteiger partial charge in [0.05, 0.1) is 22.3 Å². The molecule has 0 aliphatic rings. The lowest BCUT2D eigenvalue weighted by atomic mass is 10.0. The van der Waals surface area contributed by atoms with Gasteiger partial charge in [0, 0.05) is 5.38 Å². The standard InChI is InChI=1S/C15H17F3N2S/c1-3-19-13(14-9-21-10(2)20-14)8-11-5-4-6-12(7-11)15(16,17)18/h4-7,9,13,19H,3,8H2,1-2H3. The third-order valence-corrected chi connectivity index (χ3v) is 3.93. The molecule has 2 rings (SSSR count). The summed E-state index contributed by atoms with van der Waals surface area (Å²) in [5.41, 5.74) is 0.933. The number of likely N-dealkylation sites (N-methyl/N-ethyl adjacent to an activating group) is 1. The van der Waals surface area contributed by atoms with Crippen LogP contribution in [0.2, 0.25) is 0 Å². The fraction of sp³-hybridized carbons (Fsp3) is 0.400. The number of halogens is 3. The number of alkyl halides is 3. The van der Waals surface area contributed by atoms with Crippen molar-refractivity contribution in [3.8, 4) is 0 Å². The second kappa shape index (κ2) is 6.58. The van der Waals surface area contributed by atoms with Crippen molar-refractivity contribution in [1.29, 1.82) is 0 Å². The van der Waals surface area contributed by atoms with E-state index < -0.39 is 11.7 Å². The number of aromatic nitrogens is 1. The van der Waals surface area contributed by atoms with Crippen molar-refractivity contribution < 1.29 is 13.2 Å². The molecule has 0 aliphatic heterocycles. The second-order valence-corrected chi connectivity index (χ2v) is 5.87. The van der Waals surface area contributed by atoms with E-state index in [2.05, 4.69) is 10.3 Å². The van der Waals surface area contributed by atoms with Crippen molar-refractivity contribution in [3.05, 3.63) is 51.5 Å². The molecule has 6 heteroatoms. The molecule has 1 atom stereocenters. The molecule has 0 spiro atoms. The molecule has 2 nitrogen and oxygen atoms in total. The van der Waals surface area contributed by atoms with Gasteiger partial charge < -0.3 is 5.32 Å². The van der Waals surface area contributed by atoms with Gasteiger partial charge >= 0.3 is 6.18 Å². The van der Waals surface area contributed by atoms with E-state index in [-0.39, 0.29) is 6.04 Å². The molecule has 1 aromatic carbocycles. The minimum Gasteiger partial charge on any atom is -0.309 e. The van der Waals surface area contributed by atoms with E-state index >= 15 is 0 Å². The number of nitrogens with zero attached hydrogens (tertiary/aromatic N) is 1. The Morgan fingerprint density at radius 2 is 2.10 bits per heavy atom. The molecule has 0 amide bonds. The molecule has 0 bridgehead atoms. The maximum atomic E-state index is 12.8. The average Bonchev–Trinajstić information content (AvgIpc) is 2.84. The van der Waals surface area contributed by atoms with Crippen LogP contribution < -0.4 is 5.32 Å². The molecule has 0 aliphatic carbocycles. The highest BCUT2D eigenvalue weighted by Crippen LogP contribution is 2.30. The molecule has 2 aromatic rings. The molecular formula is C15H17F3N2S. The first kappa shape index (κ1) is 16.0. The van der Waals surface area contributed by atoms with Gasteiger partial charge in [0.25, 0.3) is 0 Å². The Balaban J connectivity index is 2.21. The molecule has 21 heavy (non-hydrogen) atoms. The van der Waals surface area contributed by atoms with Crippen LogP contribution in [-0.2, 0) is 12.6 Å². The first-order valence-corrected chi connectivity index (χ1v) is 7.59. The largest absolute Gasteiger partial charge is 0.416 e. The Morgan fingerprint density at radius 1 is 1.33 bits per heavy atom. The van der Waals surface area contributed by atoms with Gasteiger partial charge in [-0.2, -0.15) is 13.2 Å². The quantitative estimate of drug-likeness (QED) is 0.887. The van der Waals surface area contributed by atoms with Crippen LogP contribution in [0.5, 0.6) is 0 Å². The zero-order valence-electron chi connectivity index (χ0n) is 11.9. The summed E-state index contributed by atoms with van der Waals surface area (Å²) < 4.78 is 38.3. The van der Waals surface area contributed by atoms with Crippen LogP contribution in [-0.4, -0.2) is 11.5 Å². The van der Waals surface area contributed by atoms with Gasteiger partial charge in [-0.3, -0.25) is 0 Å². The molecule has 0 saturated heterocycles. The summed E-state index contributed by atoms with van der Waals surface area (Å²) in [7, 11) is 0. The predicted molar refractivity (Wildman–Crippen MR) is 78.4 cm³/mol. The molecule has 1 aromatic heterocycles. The monoisotopic (exact) mass is 314 g/mol. The highest BCUT2D eigenvalue weighted by Gasteiger charge is 2.30. The van der Waals surface area contributed by atoms with Crippen LogP contribution in [0.25, 0.3) is 0 Å². The van der Waals surface area contributed by atoms with Crippen LogP contribution in [0.1, 0.15) is 34.8 Å². The van der Waals surface area contributed by atoms with Crippen LogP contribution >= 0.6 is 11.3 Å². The number of rotatable bonds is 5. The van der Waals surface area contributed by atoms with Crippen LogP contribution in [0.3, 0.4) is 0 Å². The zero-order chi connectivity index (χ0) is 15.5. The summed E-state index contributed by atoms with van der Waals surface area (Å²) in [4.78, 5) is 4.43. The minimum absolute atomic E-state index is 0.0663. The van der Waals surface area contributed by atoms with E-state index in [4.69, 9.17) is 0 Å². The molecule has 0 saturated carbocycles. The molecule has 1 unspecified atom stereocenters. The van der Waals surface area contributed by atoms with E-state index in [9.17, 15) is 13.2 Å². The van der Waals surface area contributed by atoms with E-state index in [1.54, 1.807) is 17.4 Å². The first-order valence-electron chi connectivity index (χ1n) is 6.71. The average molecular weight is 314 g/mol. The Kier molecular flexibility index (Phi) is 5.00. The Bertz CT molecular complexity index is 593. The van der Waals surface area contributed by atoms with E-state index in [1.165, 1.54) is 12.1 Å². The lowest BCUT2D eigenvalue weighted by Gasteiger charge is -2.17. The molecule has 114 valence electrons. The summed E-state index contributed by atoms with van der Waals surface area (Å²) in [5, 5.41) is 6.19. The third kappa shape index (κ3) is 4.28. The van der Waals surface area contributed by atoms with Crippen molar-refractivity contribution in [2.24, 2.45) is 0 Å². The number of thiazole rings is 1. The van der Waals surface area contributed by atoms with Crippen molar-refractivity contribution >= 4 is 11.3 Å². The van der Waals surface area contributed by atoms with E-state index in [1.807, 2.05) is 19.2 Å². The van der Waals surface area contributed by atoms with Gasteiger partial charge in [-0.25, -0.2) is 4.98 Å². The SMILES string of the molecule is CCNC(Cc1cccc(C(F)(F)F)c1)c1csc(C)n1. The van der Waals surface area contributed by atoms with Crippen LogP contribution in [0.4, 0.5) is 13.2 Å². The number of hydrogen-bond donors (Lipinski definition) is 1. The molecular weight excluding hydrogens is 297 g/mol. The van der Waals surface area contributed by atoms with E-state index in [0.717, 1.165) is 23.3 Å². The number of nitrogens with one attached hydrogen (secondary N) is 1. The normalized spacial score (nSPS) is 13.4. The lowest BCUT2D eigenvalue weighted by molar-refractivity contribution is -0.137. The summed E-state index contributed by atoms with van der Waals surface area (Å²) in [6.07, 6.45) is -3.82. The Labute approximate surface area is 126 Å². The van der Waals surface area contributed by atoms with Gasteiger partial charge in [0.15, 0.2) is 0 Å². The fourth-order valence-corrected chi connectivity index (χ4v) is 2.84. The van der Waals surface area contributed by atoms with Crippen molar-refractivity contribution in [2.75, 3.05) is 6.54 Å². The van der Waals surface area contributed by atoms with Gasteiger partial charge in [-0.1, -0.05) is 25.1 Å². The topological polar surface area (TPSA) is 24.9 Å². The third-order valence-electron chi connectivity index (χ3n) is 3.14. The van der Waals surface area contributed by atoms with Crippen molar-refractivity contribution in [3.63, 3.8) is 0 Å². The maximum Gasteiger partial charge on any atom is 0.416 e. The molecule has 0 fully saturated rings. The lowest BCUT2D eigenvalue weighted by Crippen LogP contribution is -2.23. The highest BCUT2D eigenvalue weighted by molar-refractivity contribution is 7.09. The van der Waals surface area contributed by atoms with Crippen LogP contribution in [0, 0.1) is 6.92 Å². The number of aryl methyl sites for hydroxylation is 1. The Hall–Kier alpha value is -1.40. The zero-order valence-corrected chi connectivity index (χ0v) is 12.7. The van der Waals surface area contributed by atoms with E-state index in [0.29, 0.717) is 12.0 Å². The first-order chi connectivity index (χ1) is 9.90. The van der Waals surface area contributed by atoms with Gasteiger partial charge in [-0.05, 0) is 31.5 Å². The number of benzene rings is 1. The Morgan fingerprint density at radius 3 is 2.67 bits per heavy atom. The van der Waals surface area contributed by atoms with Gasteiger partial charge in [-0.15, -0.1) is 11.3 Å². The molecule has 1 N–H and O–H groups in total. The summed E-state index contributed by atoms with van der Waals surface area (Å²) in [6, 6.07) is 5.41. The molecule has 1 heterocycles. The van der Waals surface area contributed by atoms with Gasteiger partial charge in [0.2, 0.25) is 0 Å². The number of hydrogen-bond acceptors (Lipinski definition) is 3. The smallest absolute Gasteiger partial charge is 0.309 e. The van der Waals surface area contributed by atoms with Gasteiger partial charge in [0.1, 0.15) is 0 Å². The maximum absolute atomic E-state index is 12.8. The predicted octanol–water partition coefficient (Wildman–Crippen LogP) is 4.36. The fourth-order valence-electron chi connectivity index (χ4n) is 2.18. The summed E-state index contributed by atoms with van der Waals surface area (Å²) in [6.45, 7) is 4.63. The molecule has 0 radical (unpaired) electrons. The second-order valence-electron chi connectivity index (χ2n) is 4.80. The highest BCUT2D eigenvalue weighted by atomic mass is 32.1. The van der Waals surface area contributed by atoms with Crippen molar-refractivity contribution in [1.82, 2.24) is 10.3 Å².